The normalized spacial score (nSPS) is 22.1. The van der Waals surface area contributed by atoms with E-state index in [1.165, 1.54) is 0 Å². The first-order chi connectivity index (χ1) is 9.58. The summed E-state index contributed by atoms with van der Waals surface area (Å²) in [6.07, 6.45) is 1.87. The second-order valence-electron chi connectivity index (χ2n) is 4.79. The number of hydrogen-bond acceptors (Lipinski definition) is 4. The number of esters is 1. The lowest BCUT2D eigenvalue weighted by molar-refractivity contribution is -0.139. The van der Waals surface area contributed by atoms with Gasteiger partial charge < -0.3 is 9.84 Å². The number of aryl methyl sites for hydroxylation is 1. The fourth-order valence-corrected chi connectivity index (χ4v) is 2.36. The van der Waals surface area contributed by atoms with Crippen molar-refractivity contribution in [1.29, 1.82) is 0 Å². The topological polar surface area (TPSA) is 64.3 Å². The first kappa shape index (κ1) is 12.6. The fraction of sp³-hybridized carbons (Fsp3) is 0.200. The number of rotatable bonds is 2. The van der Waals surface area contributed by atoms with Crippen LogP contribution >= 0.6 is 0 Å². The summed E-state index contributed by atoms with van der Waals surface area (Å²) >= 11 is 0. The van der Waals surface area contributed by atoms with Gasteiger partial charge in [-0.25, -0.2) is 4.79 Å². The van der Waals surface area contributed by atoms with Crippen LogP contribution in [0.3, 0.4) is 0 Å². The zero-order valence-electron chi connectivity index (χ0n) is 11.0. The van der Waals surface area contributed by atoms with E-state index < -0.39 is 18.2 Å². The highest BCUT2D eigenvalue weighted by molar-refractivity contribution is 5.92. The largest absolute Gasteiger partial charge is 0.451 e. The molecule has 1 aliphatic rings. The number of nitrogens with zero attached hydrogens (tertiary/aromatic N) is 2. The van der Waals surface area contributed by atoms with Crippen molar-refractivity contribution in [2.24, 2.45) is 7.05 Å². The Labute approximate surface area is 116 Å². The van der Waals surface area contributed by atoms with Crippen LogP contribution in [0, 0.1) is 0 Å². The van der Waals surface area contributed by atoms with Gasteiger partial charge in [-0.2, -0.15) is 5.10 Å². The molecule has 1 aliphatic heterocycles. The number of carbonyl (C=O) groups is 1. The Bertz CT molecular complexity index is 690. The molecule has 1 aromatic carbocycles. The van der Waals surface area contributed by atoms with Gasteiger partial charge >= 0.3 is 5.97 Å². The van der Waals surface area contributed by atoms with E-state index in [0.29, 0.717) is 0 Å². The quantitative estimate of drug-likeness (QED) is 0.665. The molecule has 5 nitrogen and oxygen atoms in total. The Balaban J connectivity index is 2.07. The van der Waals surface area contributed by atoms with Crippen LogP contribution in [-0.4, -0.2) is 27.0 Å². The first-order valence-electron chi connectivity index (χ1n) is 6.23. The van der Waals surface area contributed by atoms with Gasteiger partial charge in [0.25, 0.3) is 0 Å². The second kappa shape index (κ2) is 4.61. The molecule has 2 unspecified atom stereocenters. The van der Waals surface area contributed by atoms with E-state index in [9.17, 15) is 9.90 Å². The zero-order valence-corrected chi connectivity index (χ0v) is 11.0. The molecule has 0 saturated carbocycles. The number of aromatic nitrogens is 2. The minimum Gasteiger partial charge on any atom is -0.451 e. The van der Waals surface area contributed by atoms with E-state index in [4.69, 9.17) is 4.74 Å². The summed E-state index contributed by atoms with van der Waals surface area (Å²) in [7, 11) is 1.83. The lowest BCUT2D eigenvalue weighted by Crippen LogP contribution is -2.14. The molecule has 1 fully saturated rings. The summed E-state index contributed by atoms with van der Waals surface area (Å²) in [5, 5.41) is 14.2. The minimum atomic E-state index is -1.01. The van der Waals surface area contributed by atoms with E-state index in [2.05, 4.69) is 11.7 Å². The molecule has 0 amide bonds. The molecule has 0 bridgehead atoms. The van der Waals surface area contributed by atoms with Crippen LogP contribution in [0.25, 0.3) is 11.1 Å². The van der Waals surface area contributed by atoms with Gasteiger partial charge in [-0.1, -0.05) is 30.8 Å². The third-order valence-electron chi connectivity index (χ3n) is 3.42. The summed E-state index contributed by atoms with van der Waals surface area (Å²) in [6, 6.07) is 7.48. The van der Waals surface area contributed by atoms with Crippen molar-refractivity contribution in [3.05, 3.63) is 54.4 Å². The molecule has 102 valence electrons. The summed E-state index contributed by atoms with van der Waals surface area (Å²) in [5.41, 5.74) is 2.63. The Morgan fingerprint density at radius 1 is 1.40 bits per heavy atom. The van der Waals surface area contributed by atoms with Crippen LogP contribution in [-0.2, 0) is 16.6 Å². The van der Waals surface area contributed by atoms with E-state index in [-0.39, 0.29) is 5.57 Å². The maximum absolute atomic E-state index is 11.5. The molecular formula is C15H14N2O3. The Kier molecular flexibility index (Phi) is 2.91. The molecule has 0 radical (unpaired) electrons. The van der Waals surface area contributed by atoms with Gasteiger partial charge in [-0.3, -0.25) is 4.68 Å². The molecule has 1 saturated heterocycles. The summed E-state index contributed by atoms with van der Waals surface area (Å²) in [4.78, 5) is 11.5. The number of aliphatic hydroxyl groups is 1. The zero-order chi connectivity index (χ0) is 14.3. The summed E-state index contributed by atoms with van der Waals surface area (Å²) in [6.45, 7) is 3.56. The molecule has 0 aliphatic carbocycles. The van der Waals surface area contributed by atoms with E-state index in [0.717, 1.165) is 16.7 Å². The summed E-state index contributed by atoms with van der Waals surface area (Å²) < 4.78 is 6.92. The third-order valence-corrected chi connectivity index (χ3v) is 3.42. The second-order valence-corrected chi connectivity index (χ2v) is 4.79. The lowest BCUT2D eigenvalue weighted by Gasteiger charge is -2.16. The molecule has 0 spiro atoms. The maximum atomic E-state index is 11.5. The summed E-state index contributed by atoms with van der Waals surface area (Å²) in [5.74, 6) is -0.552. The third kappa shape index (κ3) is 1.92. The molecule has 5 heteroatoms. The van der Waals surface area contributed by atoms with Crippen LogP contribution in [0.1, 0.15) is 11.7 Å². The van der Waals surface area contributed by atoms with Crippen molar-refractivity contribution >= 4 is 5.97 Å². The first-order valence-corrected chi connectivity index (χ1v) is 6.23. The van der Waals surface area contributed by atoms with E-state index >= 15 is 0 Å². The molecule has 20 heavy (non-hydrogen) atoms. The van der Waals surface area contributed by atoms with Crippen molar-refractivity contribution in [3.63, 3.8) is 0 Å². The van der Waals surface area contributed by atoms with E-state index in [1.807, 2.05) is 37.5 Å². The van der Waals surface area contributed by atoms with Crippen LogP contribution in [0.2, 0.25) is 0 Å². The van der Waals surface area contributed by atoms with Gasteiger partial charge in [0.2, 0.25) is 0 Å². The van der Waals surface area contributed by atoms with E-state index in [1.54, 1.807) is 10.9 Å². The molecule has 2 aromatic rings. The Morgan fingerprint density at radius 3 is 2.75 bits per heavy atom. The van der Waals surface area contributed by atoms with Crippen molar-refractivity contribution in [1.82, 2.24) is 9.78 Å². The van der Waals surface area contributed by atoms with Gasteiger partial charge in [0.05, 0.1) is 11.8 Å². The van der Waals surface area contributed by atoms with Crippen LogP contribution < -0.4 is 0 Å². The van der Waals surface area contributed by atoms with Gasteiger partial charge in [0.1, 0.15) is 6.10 Å². The number of aliphatic hydroxyl groups excluding tert-OH is 1. The van der Waals surface area contributed by atoms with Crippen LogP contribution in [0.15, 0.2) is 48.8 Å². The van der Waals surface area contributed by atoms with Gasteiger partial charge in [-0.15, -0.1) is 0 Å². The predicted molar refractivity (Wildman–Crippen MR) is 72.6 cm³/mol. The number of cyclic esters (lactones) is 1. The average molecular weight is 270 g/mol. The monoisotopic (exact) mass is 270 g/mol. The SMILES string of the molecule is C=C1C(=O)OC(c2ccccc2-c2cnn(C)c2)C1O. The Morgan fingerprint density at radius 2 is 2.15 bits per heavy atom. The van der Waals surface area contributed by atoms with Crippen LogP contribution in [0.4, 0.5) is 0 Å². The molecule has 3 rings (SSSR count). The van der Waals surface area contributed by atoms with Crippen LogP contribution in [0.5, 0.6) is 0 Å². The molecule has 1 N–H and O–H groups in total. The van der Waals surface area contributed by atoms with Crippen molar-refractivity contribution < 1.29 is 14.6 Å². The maximum Gasteiger partial charge on any atom is 0.336 e. The van der Waals surface area contributed by atoms with Gasteiger partial charge in [-0.05, 0) is 5.56 Å². The highest BCUT2D eigenvalue weighted by Crippen LogP contribution is 2.37. The minimum absolute atomic E-state index is 0.0935. The standard InChI is InChI=1S/C15H14N2O3/c1-9-13(18)14(20-15(9)19)12-6-4-3-5-11(12)10-7-16-17(2)8-10/h3-8,13-14,18H,1H2,2H3. The van der Waals surface area contributed by atoms with Gasteiger partial charge in [0, 0.05) is 24.4 Å². The van der Waals surface area contributed by atoms with Gasteiger partial charge in [0.15, 0.2) is 6.10 Å². The Hall–Kier alpha value is -2.40. The van der Waals surface area contributed by atoms with Crippen molar-refractivity contribution in [2.45, 2.75) is 12.2 Å². The van der Waals surface area contributed by atoms with Crippen molar-refractivity contribution in [2.75, 3.05) is 0 Å². The number of carbonyl (C=O) groups excluding carboxylic acids is 1. The highest BCUT2D eigenvalue weighted by atomic mass is 16.6. The molecule has 1 aromatic heterocycles. The molecule has 2 heterocycles. The highest BCUT2D eigenvalue weighted by Gasteiger charge is 2.39. The number of benzene rings is 1. The average Bonchev–Trinajstić information content (AvgIpc) is 2.98. The lowest BCUT2D eigenvalue weighted by atomic mass is 9.94. The fourth-order valence-electron chi connectivity index (χ4n) is 2.36. The molecule has 2 atom stereocenters. The smallest absolute Gasteiger partial charge is 0.336 e. The number of ether oxygens (including phenoxy) is 1. The van der Waals surface area contributed by atoms with Crippen molar-refractivity contribution in [3.8, 4) is 11.1 Å². The molecular weight excluding hydrogens is 256 g/mol. The predicted octanol–water partition coefficient (Wildman–Crippen LogP) is 1.60. The number of hydrogen-bond donors (Lipinski definition) is 1.